The lowest BCUT2D eigenvalue weighted by Crippen LogP contribution is -2.28. The van der Waals surface area contributed by atoms with Crippen molar-refractivity contribution in [1.29, 1.82) is 0 Å². The lowest BCUT2D eigenvalue weighted by molar-refractivity contribution is -0.142. The van der Waals surface area contributed by atoms with Crippen LogP contribution in [-0.4, -0.2) is 66.9 Å². The van der Waals surface area contributed by atoms with E-state index in [1.165, 1.54) is 45.5 Å². The Hall–Kier alpha value is -3.24. The summed E-state index contributed by atoms with van der Waals surface area (Å²) in [7, 11) is 5.38. The summed E-state index contributed by atoms with van der Waals surface area (Å²) in [4.78, 5) is 13.3. The molecule has 1 atom stereocenters. The van der Waals surface area contributed by atoms with Crippen LogP contribution in [0.15, 0.2) is 35.7 Å². The van der Waals surface area contributed by atoms with Crippen LogP contribution in [0.4, 0.5) is 0 Å². The molecule has 0 spiro atoms. The molecule has 0 saturated carbocycles. The van der Waals surface area contributed by atoms with Crippen LogP contribution < -0.4 is 18.9 Å². The van der Waals surface area contributed by atoms with E-state index in [1.807, 2.05) is 0 Å². The molecule has 0 aliphatic rings. The first kappa shape index (κ1) is 26.0. The van der Waals surface area contributed by atoms with Gasteiger partial charge in [-0.25, -0.2) is 8.42 Å². The number of sulfone groups is 1. The molecule has 0 radical (unpaired) electrons. The molecule has 0 saturated heterocycles. The predicted molar refractivity (Wildman–Crippen MR) is 125 cm³/mol. The molecule has 2 rings (SSSR count). The molecule has 2 aromatic carbocycles. The second-order valence-electron chi connectivity index (χ2n) is 7.34. The molecule has 0 bridgehead atoms. The number of methoxy groups -OCH3 is 4. The van der Waals surface area contributed by atoms with Crippen LogP contribution >= 0.6 is 0 Å². The van der Waals surface area contributed by atoms with Gasteiger partial charge in [-0.2, -0.15) is 0 Å². The van der Waals surface area contributed by atoms with Gasteiger partial charge in [0, 0.05) is 23.1 Å². The van der Waals surface area contributed by atoms with Gasteiger partial charge in [0.2, 0.25) is 0 Å². The number of hydrogen-bond donors (Lipinski definition) is 1. The molecule has 33 heavy (non-hydrogen) atoms. The van der Waals surface area contributed by atoms with Crippen molar-refractivity contribution in [3.63, 3.8) is 0 Å². The smallest absolute Gasteiger partial charge is 0.325 e. The number of likely N-dealkylation sites (N-methyl/N-ethyl adjacent to an activating group) is 1. The van der Waals surface area contributed by atoms with Crippen molar-refractivity contribution < 1.29 is 37.3 Å². The van der Waals surface area contributed by atoms with Crippen molar-refractivity contribution in [3.8, 4) is 23.0 Å². The van der Waals surface area contributed by atoms with Crippen LogP contribution in [0.2, 0.25) is 0 Å². The highest BCUT2D eigenvalue weighted by Gasteiger charge is 2.26. The quantitative estimate of drug-likeness (QED) is 0.520. The van der Waals surface area contributed by atoms with Crippen LogP contribution in [0, 0.1) is 0 Å². The van der Waals surface area contributed by atoms with Gasteiger partial charge in [0.1, 0.15) is 29.0 Å². The van der Waals surface area contributed by atoms with E-state index in [-0.39, 0.29) is 5.75 Å². The molecule has 0 fully saturated rings. The van der Waals surface area contributed by atoms with E-state index in [0.29, 0.717) is 39.7 Å². The molecular weight excluding hydrogens is 450 g/mol. The van der Waals surface area contributed by atoms with E-state index in [9.17, 15) is 18.3 Å². The minimum atomic E-state index is -3.73. The van der Waals surface area contributed by atoms with E-state index in [1.54, 1.807) is 38.4 Å². The Morgan fingerprint density at radius 2 is 1.55 bits per heavy atom. The molecule has 2 aromatic rings. The Morgan fingerprint density at radius 3 is 2.00 bits per heavy atom. The minimum Gasteiger partial charge on any atom is -0.496 e. The summed E-state index contributed by atoms with van der Waals surface area (Å²) in [5, 5.41) is 10.7. The van der Waals surface area contributed by atoms with Crippen molar-refractivity contribution >= 4 is 21.9 Å². The number of nitrogens with zero attached hydrogens (tertiary/aromatic N) is 1. The molecule has 0 amide bonds. The third-order valence-electron chi connectivity index (χ3n) is 4.90. The maximum Gasteiger partial charge on any atom is 0.325 e. The first-order valence-electron chi connectivity index (χ1n) is 9.83. The zero-order chi connectivity index (χ0) is 24.8. The van der Waals surface area contributed by atoms with Crippen molar-refractivity contribution in [3.05, 3.63) is 52.4 Å². The van der Waals surface area contributed by atoms with Crippen LogP contribution in [0.25, 0.3) is 6.08 Å². The topological polar surface area (TPSA) is 112 Å². The maximum atomic E-state index is 12.8. The van der Waals surface area contributed by atoms with Gasteiger partial charge < -0.3 is 24.1 Å². The average molecular weight is 480 g/mol. The number of aliphatic carboxylic acids is 1. The number of carbonyl (C=O) groups is 1. The van der Waals surface area contributed by atoms with Gasteiger partial charge in [-0.3, -0.25) is 9.69 Å². The van der Waals surface area contributed by atoms with Crippen LogP contribution in [0.5, 0.6) is 23.0 Å². The standard InChI is InChI=1S/C23H29NO8S/c1-24(2)22(23(25)26)18-11-15(7-8-19(18)30-4)14-33(27,28)10-9-17-20(31-5)12-16(29-3)13-21(17)32-6/h7-13,22H,14H2,1-6H3,(H,25,26). The van der Waals surface area contributed by atoms with E-state index < -0.39 is 21.8 Å². The van der Waals surface area contributed by atoms with Gasteiger partial charge in [0.05, 0.1) is 39.8 Å². The van der Waals surface area contributed by atoms with Crippen LogP contribution in [0.3, 0.4) is 0 Å². The molecule has 1 N–H and O–H groups in total. The Labute approximate surface area is 194 Å². The Balaban J connectivity index is 2.42. The summed E-state index contributed by atoms with van der Waals surface area (Å²) in [5.41, 5.74) is 1.24. The summed E-state index contributed by atoms with van der Waals surface area (Å²) in [6.07, 6.45) is 1.40. The monoisotopic (exact) mass is 479 g/mol. The molecule has 9 nitrogen and oxygen atoms in total. The Bertz CT molecular complexity index is 1100. The highest BCUT2D eigenvalue weighted by Crippen LogP contribution is 2.35. The Morgan fingerprint density at radius 1 is 0.970 bits per heavy atom. The third kappa shape index (κ3) is 6.39. The van der Waals surface area contributed by atoms with Gasteiger partial charge >= 0.3 is 5.97 Å². The fraction of sp³-hybridized carbons (Fsp3) is 0.348. The number of ether oxygens (including phenoxy) is 4. The first-order valence-corrected chi connectivity index (χ1v) is 11.5. The second-order valence-corrected chi connectivity index (χ2v) is 9.22. The second kappa shape index (κ2) is 11.1. The normalized spacial score (nSPS) is 12.6. The number of rotatable bonds is 11. The van der Waals surface area contributed by atoms with Gasteiger partial charge in [-0.15, -0.1) is 0 Å². The maximum absolute atomic E-state index is 12.8. The molecule has 1 unspecified atom stereocenters. The fourth-order valence-corrected chi connectivity index (χ4v) is 4.45. The van der Waals surface area contributed by atoms with Gasteiger partial charge in [-0.05, 0) is 37.9 Å². The highest BCUT2D eigenvalue weighted by molar-refractivity contribution is 7.93. The lowest BCUT2D eigenvalue weighted by atomic mass is 10.0. The van der Waals surface area contributed by atoms with Gasteiger partial charge in [-0.1, -0.05) is 6.07 Å². The van der Waals surface area contributed by atoms with Crippen molar-refractivity contribution in [2.45, 2.75) is 11.8 Å². The van der Waals surface area contributed by atoms with Crippen LogP contribution in [-0.2, 0) is 20.4 Å². The average Bonchev–Trinajstić information content (AvgIpc) is 2.76. The van der Waals surface area contributed by atoms with Gasteiger partial charge in [0.15, 0.2) is 9.84 Å². The molecule has 0 aromatic heterocycles. The molecule has 10 heteroatoms. The molecule has 180 valence electrons. The van der Waals surface area contributed by atoms with Crippen molar-refractivity contribution in [2.24, 2.45) is 0 Å². The largest absolute Gasteiger partial charge is 0.496 e. The third-order valence-corrected chi connectivity index (χ3v) is 6.19. The number of carboxylic acid groups (broad SMARTS) is 1. The highest BCUT2D eigenvalue weighted by atomic mass is 32.2. The molecule has 0 heterocycles. The summed E-state index contributed by atoms with van der Waals surface area (Å²) in [6.45, 7) is 0. The zero-order valence-electron chi connectivity index (χ0n) is 19.5. The van der Waals surface area contributed by atoms with Gasteiger partial charge in [0.25, 0.3) is 0 Å². The predicted octanol–water partition coefficient (Wildman–Crippen LogP) is 2.99. The summed E-state index contributed by atoms with van der Waals surface area (Å²) in [5.74, 6) is 0.237. The number of carboxylic acids is 1. The van der Waals surface area contributed by atoms with Crippen molar-refractivity contribution in [1.82, 2.24) is 4.90 Å². The molecule has 0 aliphatic carbocycles. The first-order chi connectivity index (χ1) is 15.6. The van der Waals surface area contributed by atoms with E-state index in [4.69, 9.17) is 18.9 Å². The summed E-state index contributed by atoms with van der Waals surface area (Å²) < 4.78 is 46.9. The number of benzene rings is 2. The summed E-state index contributed by atoms with van der Waals surface area (Å²) in [6, 6.07) is 6.95. The van der Waals surface area contributed by atoms with Crippen LogP contribution in [0.1, 0.15) is 22.7 Å². The van der Waals surface area contributed by atoms with E-state index in [0.717, 1.165) is 5.41 Å². The molecule has 0 aliphatic heterocycles. The SMILES string of the molecule is COc1cc(OC)c(C=CS(=O)(=O)Cc2ccc(OC)c(C(C(=O)O)N(C)C)c2)c(OC)c1. The number of hydrogen-bond acceptors (Lipinski definition) is 8. The summed E-state index contributed by atoms with van der Waals surface area (Å²) >= 11 is 0. The zero-order valence-corrected chi connectivity index (χ0v) is 20.3. The van der Waals surface area contributed by atoms with Crippen molar-refractivity contribution in [2.75, 3.05) is 42.5 Å². The minimum absolute atomic E-state index is 0.332. The van der Waals surface area contributed by atoms with E-state index in [2.05, 4.69) is 0 Å². The molecular formula is C23H29NO8S. The lowest BCUT2D eigenvalue weighted by Gasteiger charge is -2.23. The fourth-order valence-electron chi connectivity index (χ4n) is 3.37. The van der Waals surface area contributed by atoms with E-state index >= 15 is 0 Å². The Kier molecular flexibility index (Phi) is 8.72.